The quantitative estimate of drug-likeness (QED) is 0.496. The van der Waals surface area contributed by atoms with Gasteiger partial charge >= 0.3 is 0 Å². The lowest BCUT2D eigenvalue weighted by molar-refractivity contribution is -0.155. The fourth-order valence-corrected chi connectivity index (χ4v) is 7.93. The average Bonchev–Trinajstić information content (AvgIpc) is 3.14. The number of likely N-dealkylation sites (tertiary alicyclic amines) is 1. The summed E-state index contributed by atoms with van der Waals surface area (Å²) in [6.45, 7) is 15.2. The third-order valence-electron chi connectivity index (χ3n) is 9.05. The smallest absolute Gasteiger partial charge is 0.249 e. The lowest BCUT2D eigenvalue weighted by Gasteiger charge is -2.44. The van der Waals surface area contributed by atoms with Crippen molar-refractivity contribution in [3.63, 3.8) is 0 Å². The van der Waals surface area contributed by atoms with Gasteiger partial charge in [-0.2, -0.15) is 0 Å². The van der Waals surface area contributed by atoms with E-state index in [-0.39, 0.29) is 36.3 Å². The molecule has 0 aliphatic carbocycles. The molecule has 9 heteroatoms. The number of carbonyl (C=O) groups is 3. The summed E-state index contributed by atoms with van der Waals surface area (Å²) in [5, 5.41) is 9.99. The summed E-state index contributed by atoms with van der Waals surface area (Å²) in [6, 6.07) is 6.34. The van der Waals surface area contributed by atoms with Gasteiger partial charge in [-0.3, -0.25) is 14.4 Å². The van der Waals surface area contributed by atoms with E-state index in [0.717, 1.165) is 6.42 Å². The third kappa shape index (κ3) is 4.84. The van der Waals surface area contributed by atoms with Gasteiger partial charge in [-0.1, -0.05) is 45.1 Å². The second kappa shape index (κ2) is 10.5. The van der Waals surface area contributed by atoms with E-state index in [1.165, 1.54) is 4.90 Å². The third-order valence-corrected chi connectivity index (χ3v) is 9.05. The Balaban J connectivity index is 1.57. The van der Waals surface area contributed by atoms with Crippen molar-refractivity contribution in [2.75, 3.05) is 37.7 Å². The van der Waals surface area contributed by atoms with Crippen LogP contribution in [0.3, 0.4) is 0 Å². The molecule has 2 fully saturated rings. The molecule has 2 saturated heterocycles. The molecule has 3 amide bonds. The van der Waals surface area contributed by atoms with Gasteiger partial charge in [-0.15, -0.1) is 0 Å². The molecule has 42 heavy (non-hydrogen) atoms. The zero-order valence-corrected chi connectivity index (χ0v) is 25.9. The number of ether oxygens (including phenoxy) is 2. The van der Waals surface area contributed by atoms with Crippen LogP contribution < -0.4 is 9.64 Å². The van der Waals surface area contributed by atoms with Gasteiger partial charge in [0.05, 0.1) is 30.7 Å². The molecule has 228 valence electrons. The van der Waals surface area contributed by atoms with E-state index >= 15 is 0 Å². The number of fused-ring (bicyclic) bond motifs is 2. The summed E-state index contributed by atoms with van der Waals surface area (Å²) in [6.07, 6.45) is 8.29. The molecule has 1 aromatic carbocycles. The van der Waals surface area contributed by atoms with E-state index in [1.807, 2.05) is 81.2 Å². The number of aliphatic hydroxyl groups excluding tert-OH is 1. The first-order valence-corrected chi connectivity index (χ1v) is 15.0. The van der Waals surface area contributed by atoms with Crippen LogP contribution in [0.15, 0.2) is 48.6 Å². The van der Waals surface area contributed by atoms with Gasteiger partial charge in [-0.05, 0) is 63.8 Å². The fraction of sp³-hybridized carbons (Fsp3) is 0.606. The van der Waals surface area contributed by atoms with Crippen LogP contribution in [-0.2, 0) is 19.1 Å². The van der Waals surface area contributed by atoms with Crippen molar-refractivity contribution < 1.29 is 29.0 Å². The Labute approximate surface area is 249 Å². The first-order valence-electron chi connectivity index (χ1n) is 15.0. The Kier molecular flexibility index (Phi) is 7.59. The summed E-state index contributed by atoms with van der Waals surface area (Å²) in [5.41, 5.74) is -2.32. The molecule has 0 aromatic heterocycles. The molecule has 9 nitrogen and oxygen atoms in total. The van der Waals surface area contributed by atoms with Gasteiger partial charge in [0.2, 0.25) is 17.7 Å². The number of β-amino-alcohol motifs (C(OH)–C–C–N with tert-alkyl or cyclic N) is 1. The predicted molar refractivity (Wildman–Crippen MR) is 160 cm³/mol. The molecule has 5 rings (SSSR count). The summed E-state index contributed by atoms with van der Waals surface area (Å²) in [4.78, 5) is 48.3. The highest BCUT2D eigenvalue weighted by molar-refractivity contribution is 6.04. The number of nitrogens with zero attached hydrogens (tertiary/aromatic N) is 3. The normalized spacial score (nSPS) is 31.2. The maximum absolute atomic E-state index is 14.6. The first-order chi connectivity index (χ1) is 19.7. The molecule has 0 saturated carbocycles. The van der Waals surface area contributed by atoms with Crippen molar-refractivity contribution in [2.45, 2.75) is 77.7 Å². The molecule has 4 heterocycles. The van der Waals surface area contributed by atoms with Gasteiger partial charge in [-0.25, -0.2) is 0 Å². The molecule has 1 unspecified atom stereocenters. The number of rotatable bonds is 7. The van der Waals surface area contributed by atoms with Crippen molar-refractivity contribution in [2.24, 2.45) is 17.3 Å². The highest BCUT2D eigenvalue weighted by Gasteiger charge is 2.75. The molecule has 1 aromatic rings. The standard InChI is InChI=1S/C33H45N3O6/c1-8-41-23-13-11-22(12-14-23)34-17-9-15-32(7)24(27(34)38)25-28(39)35(19-20-37)26-29(40)36(18-10-16-33(25,26)42-32)31(5,6)21-30(2,3)4/h9-16,24-26,37H,8,17-21H2,1-7H3/t24-,25-,26?,32+,33-/m0/s1. The van der Waals surface area contributed by atoms with Crippen LogP contribution in [0, 0.1) is 17.3 Å². The molecule has 0 bridgehead atoms. The van der Waals surface area contributed by atoms with Gasteiger partial charge < -0.3 is 29.3 Å². The van der Waals surface area contributed by atoms with Crippen LogP contribution in [0.1, 0.15) is 54.9 Å². The molecule has 4 aliphatic heterocycles. The minimum Gasteiger partial charge on any atom is -0.494 e. The summed E-state index contributed by atoms with van der Waals surface area (Å²) in [7, 11) is 0. The van der Waals surface area contributed by atoms with E-state index < -0.39 is 34.6 Å². The zero-order valence-electron chi connectivity index (χ0n) is 25.9. The van der Waals surface area contributed by atoms with Crippen molar-refractivity contribution >= 4 is 23.4 Å². The molecule has 1 spiro atoms. The number of benzene rings is 1. The second-order valence-corrected chi connectivity index (χ2v) is 13.9. The van der Waals surface area contributed by atoms with Crippen LogP contribution in [0.4, 0.5) is 5.69 Å². The molecule has 5 atom stereocenters. The van der Waals surface area contributed by atoms with Gasteiger partial charge in [0, 0.05) is 30.9 Å². The van der Waals surface area contributed by atoms with Crippen LogP contribution in [-0.4, -0.2) is 88.3 Å². The minimum atomic E-state index is -1.35. The van der Waals surface area contributed by atoms with E-state index in [4.69, 9.17) is 9.47 Å². The van der Waals surface area contributed by atoms with Crippen molar-refractivity contribution in [1.82, 2.24) is 9.80 Å². The predicted octanol–water partition coefficient (Wildman–Crippen LogP) is 3.56. The Hall–Kier alpha value is -3.17. The van der Waals surface area contributed by atoms with Crippen LogP contribution in [0.2, 0.25) is 0 Å². The van der Waals surface area contributed by atoms with Crippen molar-refractivity contribution in [1.29, 1.82) is 0 Å². The fourth-order valence-electron chi connectivity index (χ4n) is 7.93. The minimum absolute atomic E-state index is 0.0195. The van der Waals surface area contributed by atoms with Crippen LogP contribution >= 0.6 is 0 Å². The van der Waals surface area contributed by atoms with Gasteiger partial charge in [0.1, 0.15) is 17.4 Å². The maximum Gasteiger partial charge on any atom is 0.249 e. The monoisotopic (exact) mass is 579 g/mol. The number of carbonyl (C=O) groups excluding carboxylic acids is 3. The number of aliphatic hydroxyl groups is 1. The van der Waals surface area contributed by atoms with Crippen molar-refractivity contribution in [3.05, 3.63) is 48.6 Å². The Morgan fingerprint density at radius 3 is 2.24 bits per heavy atom. The summed E-state index contributed by atoms with van der Waals surface area (Å²) >= 11 is 0. The van der Waals surface area contributed by atoms with Crippen molar-refractivity contribution in [3.8, 4) is 5.75 Å². The van der Waals surface area contributed by atoms with Gasteiger partial charge in [0.25, 0.3) is 0 Å². The average molecular weight is 580 g/mol. The van der Waals surface area contributed by atoms with Gasteiger partial charge in [0.15, 0.2) is 0 Å². The molecule has 1 N–H and O–H groups in total. The lowest BCUT2D eigenvalue weighted by atomic mass is 9.74. The van der Waals surface area contributed by atoms with Crippen LogP contribution in [0.25, 0.3) is 0 Å². The Morgan fingerprint density at radius 1 is 0.952 bits per heavy atom. The first kappa shape index (κ1) is 30.3. The Morgan fingerprint density at radius 2 is 1.62 bits per heavy atom. The molecule has 4 aliphatic rings. The SMILES string of the molecule is CCOc1ccc(N2CC=C[C@@]3(C)O[C@]45C=CCN(C(C)(C)CC(C)(C)C)C(=O)C4N(CCO)C(=O)[C@@H]5[C@H]3C2=O)cc1. The van der Waals surface area contributed by atoms with Crippen LogP contribution in [0.5, 0.6) is 5.75 Å². The highest BCUT2D eigenvalue weighted by Crippen LogP contribution is 2.58. The van der Waals surface area contributed by atoms with E-state index in [2.05, 4.69) is 20.8 Å². The van der Waals surface area contributed by atoms with E-state index in [1.54, 1.807) is 4.90 Å². The number of anilines is 1. The van der Waals surface area contributed by atoms with E-state index in [9.17, 15) is 19.5 Å². The lowest BCUT2D eigenvalue weighted by Crippen LogP contribution is -2.60. The number of hydrogen-bond donors (Lipinski definition) is 1. The zero-order chi connectivity index (χ0) is 30.7. The van der Waals surface area contributed by atoms with E-state index in [0.29, 0.717) is 31.1 Å². The topological polar surface area (TPSA) is 99.6 Å². The molecular formula is C33H45N3O6. The second-order valence-electron chi connectivity index (χ2n) is 13.9. The highest BCUT2D eigenvalue weighted by atomic mass is 16.5. The Bertz CT molecular complexity index is 1300. The number of hydrogen-bond acceptors (Lipinski definition) is 6. The summed E-state index contributed by atoms with van der Waals surface area (Å²) in [5.74, 6) is -1.88. The molecular weight excluding hydrogens is 534 g/mol. The number of amides is 3. The maximum atomic E-state index is 14.6. The largest absolute Gasteiger partial charge is 0.494 e. The summed E-state index contributed by atoms with van der Waals surface area (Å²) < 4.78 is 12.5. The molecule has 0 radical (unpaired) electrons.